The molecule has 0 radical (unpaired) electrons. The number of rotatable bonds is 44. The zero-order valence-corrected chi connectivity index (χ0v) is 39.2. The van der Waals surface area contributed by atoms with Gasteiger partial charge in [0, 0.05) is 12.8 Å². The molecule has 1 atom stereocenters. The Morgan fingerprint density at radius 1 is 0.383 bits per heavy atom. The van der Waals surface area contributed by atoms with Crippen molar-refractivity contribution in [1.29, 1.82) is 0 Å². The van der Waals surface area contributed by atoms with Crippen molar-refractivity contribution >= 4 is 11.9 Å². The molecule has 0 rings (SSSR count). The van der Waals surface area contributed by atoms with E-state index in [1.165, 1.54) is 77.0 Å². The highest BCUT2D eigenvalue weighted by molar-refractivity contribution is 5.70. The summed E-state index contributed by atoms with van der Waals surface area (Å²) in [6.45, 7) is 7.40. The van der Waals surface area contributed by atoms with Crippen LogP contribution >= 0.6 is 0 Å². The number of esters is 2. The first-order valence-corrected chi connectivity index (χ1v) is 24.8. The molecule has 0 aromatic heterocycles. The quantitative estimate of drug-likeness (QED) is 0.0348. The van der Waals surface area contributed by atoms with Crippen LogP contribution in [-0.2, 0) is 23.8 Å². The monoisotopic (exact) mass is 833 g/mol. The van der Waals surface area contributed by atoms with Crippen molar-refractivity contribution in [2.75, 3.05) is 19.8 Å². The smallest absolute Gasteiger partial charge is 0.306 e. The molecule has 0 N–H and O–H groups in total. The molecule has 342 valence electrons. The Hall–Kier alpha value is -3.18. The molecule has 0 saturated heterocycles. The second-order valence-corrected chi connectivity index (χ2v) is 16.0. The highest BCUT2D eigenvalue weighted by Crippen LogP contribution is 2.12. The maximum atomic E-state index is 12.8. The molecule has 5 heteroatoms. The number of hydrogen-bond acceptors (Lipinski definition) is 5. The predicted octanol–water partition coefficient (Wildman–Crippen LogP) is 16.7. The van der Waals surface area contributed by atoms with Gasteiger partial charge in [0.15, 0.2) is 6.10 Å². The molecule has 0 aliphatic carbocycles. The summed E-state index contributed by atoms with van der Waals surface area (Å²) in [6, 6.07) is 0. The van der Waals surface area contributed by atoms with Crippen molar-refractivity contribution in [2.24, 2.45) is 0 Å². The van der Waals surface area contributed by atoms with E-state index in [9.17, 15) is 9.59 Å². The lowest BCUT2D eigenvalue weighted by Gasteiger charge is -2.18. The van der Waals surface area contributed by atoms with Gasteiger partial charge in [-0.2, -0.15) is 0 Å². The average molecular weight is 833 g/mol. The highest BCUT2D eigenvalue weighted by Gasteiger charge is 2.17. The molecule has 0 heterocycles. The first kappa shape index (κ1) is 56.8. The van der Waals surface area contributed by atoms with Crippen molar-refractivity contribution in [3.63, 3.8) is 0 Å². The van der Waals surface area contributed by atoms with E-state index in [2.05, 4.69) is 118 Å². The minimum absolute atomic E-state index is 0.0409. The first-order valence-electron chi connectivity index (χ1n) is 24.8. The number of hydrogen-bond donors (Lipinski definition) is 0. The molecule has 0 bridgehead atoms. The van der Waals surface area contributed by atoms with Crippen molar-refractivity contribution in [3.05, 3.63) is 97.2 Å². The summed E-state index contributed by atoms with van der Waals surface area (Å²) in [6.07, 6.45) is 67.2. The van der Waals surface area contributed by atoms with Crippen LogP contribution in [0.15, 0.2) is 97.2 Å². The van der Waals surface area contributed by atoms with Crippen LogP contribution in [0.2, 0.25) is 0 Å². The van der Waals surface area contributed by atoms with E-state index in [1.807, 2.05) is 0 Å². The Balaban J connectivity index is 4.42. The van der Waals surface area contributed by atoms with Crippen LogP contribution in [0.5, 0.6) is 0 Å². The zero-order chi connectivity index (χ0) is 43.5. The van der Waals surface area contributed by atoms with E-state index in [0.717, 1.165) is 103 Å². The van der Waals surface area contributed by atoms with Crippen LogP contribution in [0, 0.1) is 0 Å². The fourth-order valence-corrected chi connectivity index (χ4v) is 6.43. The second kappa shape index (κ2) is 50.2. The first-order chi connectivity index (χ1) is 29.6. The number of carbonyl (C=O) groups is 2. The fourth-order valence-electron chi connectivity index (χ4n) is 6.43. The Morgan fingerprint density at radius 2 is 0.783 bits per heavy atom. The Bertz CT molecular complexity index is 1170. The van der Waals surface area contributed by atoms with Crippen LogP contribution in [0.3, 0.4) is 0 Å². The molecule has 0 aliphatic rings. The summed E-state index contributed by atoms with van der Waals surface area (Å²) in [4.78, 5) is 25.3. The van der Waals surface area contributed by atoms with Crippen molar-refractivity contribution in [3.8, 4) is 0 Å². The minimum Gasteiger partial charge on any atom is -0.462 e. The molecule has 0 aliphatic heterocycles. The van der Waals surface area contributed by atoms with Gasteiger partial charge in [-0.1, -0.05) is 195 Å². The Kier molecular flexibility index (Phi) is 47.5. The predicted molar refractivity (Wildman–Crippen MR) is 260 cm³/mol. The second-order valence-electron chi connectivity index (χ2n) is 16.0. The fraction of sp³-hybridized carbons (Fsp3) is 0.673. The van der Waals surface area contributed by atoms with Gasteiger partial charge in [-0.25, -0.2) is 0 Å². The van der Waals surface area contributed by atoms with Crippen LogP contribution in [0.4, 0.5) is 0 Å². The SMILES string of the molecule is CC/C=C\C/C=C\C/C=C\C/C=C\C/C=C\CCOCC(COC(=O)CCCCCCC/C=C\CCCCCCCC)OC(=O)CCCCCCC/C=C\C/C=C\CCC. The third-order valence-corrected chi connectivity index (χ3v) is 10.1. The summed E-state index contributed by atoms with van der Waals surface area (Å²) in [7, 11) is 0. The summed E-state index contributed by atoms with van der Waals surface area (Å²) < 4.78 is 17.2. The maximum absolute atomic E-state index is 12.8. The molecular formula is C55H92O5. The third-order valence-electron chi connectivity index (χ3n) is 10.1. The minimum atomic E-state index is -0.590. The van der Waals surface area contributed by atoms with E-state index in [4.69, 9.17) is 14.2 Å². The normalized spacial score (nSPS) is 13.1. The molecule has 0 saturated carbocycles. The summed E-state index contributed by atoms with van der Waals surface area (Å²) >= 11 is 0. The lowest BCUT2D eigenvalue weighted by Crippen LogP contribution is -2.30. The lowest BCUT2D eigenvalue weighted by atomic mass is 10.1. The Morgan fingerprint density at radius 3 is 1.28 bits per heavy atom. The van der Waals surface area contributed by atoms with Crippen molar-refractivity contribution < 1.29 is 23.8 Å². The van der Waals surface area contributed by atoms with Gasteiger partial charge in [0.2, 0.25) is 0 Å². The van der Waals surface area contributed by atoms with Crippen LogP contribution in [-0.4, -0.2) is 37.9 Å². The molecule has 0 aromatic rings. The molecule has 0 aromatic carbocycles. The third kappa shape index (κ3) is 47.5. The van der Waals surface area contributed by atoms with Gasteiger partial charge in [-0.15, -0.1) is 0 Å². The molecular weight excluding hydrogens is 741 g/mol. The summed E-state index contributed by atoms with van der Waals surface area (Å²) in [5.74, 6) is -0.468. The number of carbonyl (C=O) groups excluding carboxylic acids is 2. The van der Waals surface area contributed by atoms with Crippen molar-refractivity contribution in [2.45, 2.75) is 219 Å². The summed E-state index contributed by atoms with van der Waals surface area (Å²) in [5.41, 5.74) is 0. The van der Waals surface area contributed by atoms with E-state index in [-0.39, 0.29) is 25.2 Å². The number of unbranched alkanes of at least 4 members (excludes halogenated alkanes) is 17. The molecule has 60 heavy (non-hydrogen) atoms. The number of ether oxygens (including phenoxy) is 3. The highest BCUT2D eigenvalue weighted by atomic mass is 16.6. The van der Waals surface area contributed by atoms with E-state index in [0.29, 0.717) is 19.4 Å². The van der Waals surface area contributed by atoms with Gasteiger partial charge in [0.25, 0.3) is 0 Å². The van der Waals surface area contributed by atoms with Gasteiger partial charge in [0.05, 0.1) is 13.2 Å². The molecule has 1 unspecified atom stereocenters. The van der Waals surface area contributed by atoms with Gasteiger partial charge in [-0.05, 0) is 103 Å². The van der Waals surface area contributed by atoms with E-state index in [1.54, 1.807) is 0 Å². The van der Waals surface area contributed by atoms with Gasteiger partial charge >= 0.3 is 11.9 Å². The van der Waals surface area contributed by atoms with Crippen molar-refractivity contribution in [1.82, 2.24) is 0 Å². The standard InChI is InChI=1S/C55H92O5/c1-4-7-10-13-16-19-22-25-27-29-32-35-38-41-44-47-50-58-51-53(60-55(57)49-46-43-40-37-34-30-24-21-18-15-12-9-6-3)52-59-54(56)48-45-42-39-36-33-31-28-26-23-20-17-14-11-8-5-2/h7,10,12,15-16,19,21,24-28,32,35,41,44,53H,4-6,8-9,11,13-14,17-18,20,22-23,29-31,33-34,36-40,42-43,45-52H2,1-3H3/b10-7-,15-12-,19-16-,24-21-,27-25-,28-26-,35-32-,44-41-. The topological polar surface area (TPSA) is 61.8 Å². The van der Waals surface area contributed by atoms with Crippen LogP contribution < -0.4 is 0 Å². The van der Waals surface area contributed by atoms with E-state index >= 15 is 0 Å². The van der Waals surface area contributed by atoms with Gasteiger partial charge in [0.1, 0.15) is 6.61 Å². The molecule has 0 spiro atoms. The van der Waals surface area contributed by atoms with Crippen LogP contribution in [0.25, 0.3) is 0 Å². The average Bonchev–Trinajstić information content (AvgIpc) is 3.25. The largest absolute Gasteiger partial charge is 0.462 e. The molecule has 5 nitrogen and oxygen atoms in total. The van der Waals surface area contributed by atoms with E-state index < -0.39 is 6.10 Å². The lowest BCUT2D eigenvalue weighted by molar-refractivity contribution is -0.162. The van der Waals surface area contributed by atoms with Gasteiger partial charge in [-0.3, -0.25) is 9.59 Å². The Labute approximate surface area is 371 Å². The maximum Gasteiger partial charge on any atom is 0.306 e. The van der Waals surface area contributed by atoms with Crippen LogP contribution in [0.1, 0.15) is 213 Å². The zero-order valence-electron chi connectivity index (χ0n) is 39.2. The molecule has 0 fully saturated rings. The van der Waals surface area contributed by atoms with Gasteiger partial charge < -0.3 is 14.2 Å². The number of allylic oxidation sites excluding steroid dienone is 15. The summed E-state index contributed by atoms with van der Waals surface area (Å²) in [5, 5.41) is 0. The molecule has 0 amide bonds.